The predicted octanol–water partition coefficient (Wildman–Crippen LogP) is 4.40. The summed E-state index contributed by atoms with van der Waals surface area (Å²) in [6.45, 7) is 0. The van der Waals surface area contributed by atoms with Gasteiger partial charge in [0.1, 0.15) is 17.6 Å². The topological polar surface area (TPSA) is 61.7 Å². The number of nitriles is 1. The molecule has 0 unspecified atom stereocenters. The zero-order valence-corrected chi connectivity index (χ0v) is 13.4. The molecule has 1 N–H and O–H groups in total. The molecule has 22 heavy (non-hydrogen) atoms. The van der Waals surface area contributed by atoms with Crippen molar-refractivity contribution in [2.45, 2.75) is 0 Å². The second-order valence-corrected chi connectivity index (χ2v) is 5.57. The molecule has 2 aromatic carbocycles. The molecule has 0 fully saturated rings. The predicted molar refractivity (Wildman–Crippen MR) is 90.3 cm³/mol. The number of fused-ring (bicyclic) bond motifs is 1. The Balaban J connectivity index is 2.11. The number of methoxy groups -OCH3 is 1. The summed E-state index contributed by atoms with van der Waals surface area (Å²) in [5, 5.41) is 9.47. The highest BCUT2D eigenvalue weighted by Crippen LogP contribution is 2.27. The molecule has 4 nitrogen and oxygen atoms in total. The van der Waals surface area contributed by atoms with E-state index in [0.717, 1.165) is 21.1 Å². The Labute approximate surface area is 136 Å². The standard InChI is InChI=1S/C17H12BrN3O/c1-22-16-7-6-13(18)9-11(16)8-12(10-19)17-20-14-4-2-3-5-15(14)21-17/h2-9H,1H3,(H,20,21)/b12-8-. The van der Waals surface area contributed by atoms with Crippen LogP contribution < -0.4 is 4.74 Å². The highest BCUT2D eigenvalue weighted by atomic mass is 79.9. The zero-order valence-electron chi connectivity index (χ0n) is 11.8. The molecule has 0 aliphatic rings. The molecule has 0 aliphatic carbocycles. The van der Waals surface area contributed by atoms with E-state index in [9.17, 15) is 5.26 Å². The molecule has 1 aromatic heterocycles. The minimum Gasteiger partial charge on any atom is -0.496 e. The van der Waals surface area contributed by atoms with Gasteiger partial charge in [-0.1, -0.05) is 28.1 Å². The van der Waals surface area contributed by atoms with Gasteiger partial charge in [-0.15, -0.1) is 0 Å². The SMILES string of the molecule is COc1ccc(Br)cc1/C=C(/C#N)c1nc2ccccc2[nH]1. The van der Waals surface area contributed by atoms with Gasteiger partial charge < -0.3 is 9.72 Å². The third kappa shape index (κ3) is 2.74. The van der Waals surface area contributed by atoms with E-state index in [1.165, 1.54) is 0 Å². The number of imidazole rings is 1. The lowest BCUT2D eigenvalue weighted by molar-refractivity contribution is 0.414. The number of nitrogens with one attached hydrogen (secondary N) is 1. The maximum atomic E-state index is 9.47. The Morgan fingerprint density at radius 1 is 1.32 bits per heavy atom. The first-order valence-corrected chi connectivity index (χ1v) is 7.41. The Morgan fingerprint density at radius 3 is 2.86 bits per heavy atom. The maximum absolute atomic E-state index is 9.47. The molecule has 1 heterocycles. The van der Waals surface area contributed by atoms with Gasteiger partial charge in [0.05, 0.1) is 23.7 Å². The first kappa shape index (κ1) is 14.4. The number of H-pyrrole nitrogens is 1. The Morgan fingerprint density at radius 2 is 2.14 bits per heavy atom. The molecular weight excluding hydrogens is 342 g/mol. The van der Waals surface area contributed by atoms with Crippen LogP contribution in [0.4, 0.5) is 0 Å². The van der Waals surface area contributed by atoms with E-state index in [4.69, 9.17) is 4.74 Å². The van der Waals surface area contributed by atoms with Crippen LogP contribution >= 0.6 is 15.9 Å². The minimum absolute atomic E-state index is 0.451. The van der Waals surface area contributed by atoms with Crippen molar-refractivity contribution in [3.63, 3.8) is 0 Å². The van der Waals surface area contributed by atoms with Crippen LogP contribution in [0.1, 0.15) is 11.4 Å². The summed E-state index contributed by atoms with van der Waals surface area (Å²) in [5.41, 5.74) is 3.00. The van der Waals surface area contributed by atoms with E-state index >= 15 is 0 Å². The summed E-state index contributed by atoms with van der Waals surface area (Å²) in [4.78, 5) is 7.62. The highest BCUT2D eigenvalue weighted by molar-refractivity contribution is 9.10. The fraction of sp³-hybridized carbons (Fsp3) is 0.0588. The third-order valence-corrected chi connectivity index (χ3v) is 3.75. The molecule has 0 saturated carbocycles. The monoisotopic (exact) mass is 353 g/mol. The molecule has 5 heteroatoms. The molecule has 3 aromatic rings. The second kappa shape index (κ2) is 6.04. The summed E-state index contributed by atoms with van der Waals surface area (Å²) < 4.78 is 6.25. The number of ether oxygens (including phenoxy) is 1. The van der Waals surface area contributed by atoms with Crippen LogP contribution in [-0.2, 0) is 0 Å². The summed E-state index contributed by atoms with van der Waals surface area (Å²) in [6, 6.07) is 15.5. The Bertz CT molecular complexity index is 873. The lowest BCUT2D eigenvalue weighted by atomic mass is 10.1. The first-order chi connectivity index (χ1) is 10.7. The van der Waals surface area contributed by atoms with Crippen LogP contribution in [0.25, 0.3) is 22.7 Å². The van der Waals surface area contributed by atoms with E-state index in [1.807, 2.05) is 42.5 Å². The average Bonchev–Trinajstić information content (AvgIpc) is 2.96. The molecule has 0 aliphatic heterocycles. The van der Waals surface area contributed by atoms with Crippen LogP contribution in [0, 0.1) is 11.3 Å². The second-order valence-electron chi connectivity index (χ2n) is 4.66. The average molecular weight is 354 g/mol. The van der Waals surface area contributed by atoms with Gasteiger partial charge in [-0.25, -0.2) is 4.98 Å². The van der Waals surface area contributed by atoms with Crippen LogP contribution in [0.3, 0.4) is 0 Å². The van der Waals surface area contributed by atoms with Crippen LogP contribution in [-0.4, -0.2) is 17.1 Å². The number of halogens is 1. The molecule has 0 atom stereocenters. The van der Waals surface area contributed by atoms with Gasteiger partial charge in [-0.05, 0) is 36.4 Å². The lowest BCUT2D eigenvalue weighted by Gasteiger charge is -2.05. The summed E-state index contributed by atoms with van der Waals surface area (Å²) in [7, 11) is 1.60. The van der Waals surface area contributed by atoms with E-state index in [1.54, 1.807) is 13.2 Å². The molecule has 0 radical (unpaired) electrons. The fourth-order valence-electron chi connectivity index (χ4n) is 2.21. The molecule has 0 bridgehead atoms. The van der Waals surface area contributed by atoms with Crippen molar-refractivity contribution in [3.8, 4) is 11.8 Å². The summed E-state index contributed by atoms with van der Waals surface area (Å²) in [6.07, 6.45) is 1.77. The van der Waals surface area contributed by atoms with Crippen molar-refractivity contribution in [2.24, 2.45) is 0 Å². The van der Waals surface area contributed by atoms with Crippen molar-refractivity contribution in [3.05, 3.63) is 58.3 Å². The number of rotatable bonds is 3. The number of nitrogens with zero attached hydrogens (tertiary/aromatic N) is 2. The summed E-state index contributed by atoms with van der Waals surface area (Å²) in [5.74, 6) is 1.25. The van der Waals surface area contributed by atoms with Crippen LogP contribution in [0.2, 0.25) is 0 Å². The van der Waals surface area contributed by atoms with E-state index in [-0.39, 0.29) is 0 Å². The third-order valence-electron chi connectivity index (χ3n) is 3.26. The number of hydrogen-bond acceptors (Lipinski definition) is 3. The zero-order chi connectivity index (χ0) is 15.5. The Hall–Kier alpha value is -2.58. The number of para-hydroxylation sites is 2. The van der Waals surface area contributed by atoms with Crippen LogP contribution in [0.15, 0.2) is 46.9 Å². The Kier molecular flexibility index (Phi) is 3.94. The number of hydrogen-bond donors (Lipinski definition) is 1. The molecule has 0 amide bonds. The number of benzene rings is 2. The maximum Gasteiger partial charge on any atom is 0.149 e. The minimum atomic E-state index is 0.451. The van der Waals surface area contributed by atoms with Crippen molar-refractivity contribution < 1.29 is 4.74 Å². The van der Waals surface area contributed by atoms with Gasteiger partial charge >= 0.3 is 0 Å². The van der Waals surface area contributed by atoms with E-state index < -0.39 is 0 Å². The van der Waals surface area contributed by atoms with Crippen LogP contribution in [0.5, 0.6) is 5.75 Å². The largest absolute Gasteiger partial charge is 0.496 e. The normalized spacial score (nSPS) is 11.4. The van der Waals surface area contributed by atoms with E-state index in [2.05, 4.69) is 32.0 Å². The summed E-state index contributed by atoms with van der Waals surface area (Å²) >= 11 is 3.43. The first-order valence-electron chi connectivity index (χ1n) is 6.61. The number of aromatic nitrogens is 2. The van der Waals surface area contributed by atoms with Gasteiger partial charge in [-0.2, -0.15) is 5.26 Å². The highest BCUT2D eigenvalue weighted by Gasteiger charge is 2.09. The van der Waals surface area contributed by atoms with Gasteiger partial charge in [0.2, 0.25) is 0 Å². The molecule has 0 saturated heterocycles. The van der Waals surface area contributed by atoms with Gasteiger partial charge in [0, 0.05) is 10.0 Å². The quantitative estimate of drug-likeness (QED) is 0.709. The number of allylic oxidation sites excluding steroid dienone is 1. The lowest BCUT2D eigenvalue weighted by Crippen LogP contribution is -1.89. The fourth-order valence-corrected chi connectivity index (χ4v) is 2.59. The van der Waals surface area contributed by atoms with Gasteiger partial charge in [-0.3, -0.25) is 0 Å². The smallest absolute Gasteiger partial charge is 0.149 e. The van der Waals surface area contributed by atoms with E-state index in [0.29, 0.717) is 17.1 Å². The van der Waals surface area contributed by atoms with Crippen molar-refractivity contribution in [2.75, 3.05) is 7.11 Å². The van der Waals surface area contributed by atoms with Crippen molar-refractivity contribution >= 4 is 38.6 Å². The molecular formula is C17H12BrN3O. The van der Waals surface area contributed by atoms with Gasteiger partial charge in [0.25, 0.3) is 0 Å². The molecule has 3 rings (SSSR count). The van der Waals surface area contributed by atoms with Crippen molar-refractivity contribution in [1.82, 2.24) is 9.97 Å². The molecule has 0 spiro atoms. The van der Waals surface area contributed by atoms with Gasteiger partial charge in [0.15, 0.2) is 0 Å². The number of aromatic amines is 1. The van der Waals surface area contributed by atoms with Crippen molar-refractivity contribution in [1.29, 1.82) is 5.26 Å². The molecule has 108 valence electrons.